The van der Waals surface area contributed by atoms with Crippen LogP contribution in [0, 0.1) is 0 Å². The van der Waals surface area contributed by atoms with E-state index in [1.165, 1.54) is 27.4 Å². The quantitative estimate of drug-likeness (QED) is 0.519. The summed E-state index contributed by atoms with van der Waals surface area (Å²) in [5, 5.41) is 8.74. The molecule has 0 saturated carbocycles. The summed E-state index contributed by atoms with van der Waals surface area (Å²) < 4.78 is 26.1. The molecule has 156 valence electrons. The van der Waals surface area contributed by atoms with Gasteiger partial charge in [-0.05, 0) is 35.9 Å². The molecule has 0 amide bonds. The fourth-order valence-corrected chi connectivity index (χ4v) is 2.65. The predicted octanol–water partition coefficient (Wildman–Crippen LogP) is 2.52. The van der Waals surface area contributed by atoms with Crippen molar-refractivity contribution >= 4 is 23.9 Å². The van der Waals surface area contributed by atoms with Crippen LogP contribution in [0.4, 0.5) is 0 Å². The zero-order valence-corrected chi connectivity index (χ0v) is 16.5. The Balaban J connectivity index is 1.90. The molecule has 30 heavy (non-hydrogen) atoms. The van der Waals surface area contributed by atoms with Gasteiger partial charge in [0.1, 0.15) is 11.5 Å². The molecule has 0 saturated heterocycles. The number of aliphatic imine (C=N–C) groups is 1. The number of benzene rings is 2. The van der Waals surface area contributed by atoms with Crippen LogP contribution in [-0.2, 0) is 14.3 Å². The van der Waals surface area contributed by atoms with Gasteiger partial charge < -0.3 is 28.8 Å². The van der Waals surface area contributed by atoms with Gasteiger partial charge in [0.05, 0.1) is 21.3 Å². The van der Waals surface area contributed by atoms with Gasteiger partial charge in [0.25, 0.3) is 0 Å². The summed E-state index contributed by atoms with van der Waals surface area (Å²) in [5.74, 6) is 0.0496. The molecule has 9 heteroatoms. The summed E-state index contributed by atoms with van der Waals surface area (Å²) in [6, 6.07) is 9.83. The minimum Gasteiger partial charge on any atom is -0.497 e. The van der Waals surface area contributed by atoms with Crippen LogP contribution in [0.15, 0.2) is 47.1 Å². The first-order valence-electron chi connectivity index (χ1n) is 8.72. The fourth-order valence-electron chi connectivity index (χ4n) is 2.65. The Morgan fingerprint density at radius 1 is 1.03 bits per heavy atom. The van der Waals surface area contributed by atoms with Crippen molar-refractivity contribution in [3.8, 4) is 23.0 Å². The van der Waals surface area contributed by atoms with Gasteiger partial charge in [-0.1, -0.05) is 6.07 Å². The average Bonchev–Trinajstić information content (AvgIpc) is 3.12. The summed E-state index contributed by atoms with van der Waals surface area (Å²) in [6.45, 7) is -0.499. The van der Waals surface area contributed by atoms with Crippen LogP contribution in [0.1, 0.15) is 11.1 Å². The van der Waals surface area contributed by atoms with Crippen molar-refractivity contribution in [1.82, 2.24) is 0 Å². The highest BCUT2D eigenvalue weighted by molar-refractivity contribution is 6.13. The van der Waals surface area contributed by atoms with Crippen LogP contribution >= 0.6 is 0 Å². The molecule has 0 bridgehead atoms. The molecule has 0 atom stereocenters. The van der Waals surface area contributed by atoms with Gasteiger partial charge in [0.2, 0.25) is 5.90 Å². The van der Waals surface area contributed by atoms with E-state index in [-0.39, 0.29) is 17.3 Å². The Labute approximate surface area is 172 Å². The molecule has 1 N–H and O–H groups in total. The van der Waals surface area contributed by atoms with Gasteiger partial charge in [0.15, 0.2) is 23.8 Å². The number of ether oxygens (including phenoxy) is 5. The minimum absolute atomic E-state index is 0.0908. The molecule has 3 rings (SSSR count). The first kappa shape index (κ1) is 20.7. The number of methoxy groups -OCH3 is 3. The van der Waals surface area contributed by atoms with E-state index in [9.17, 15) is 9.59 Å². The second-order valence-electron chi connectivity index (χ2n) is 6.03. The topological polar surface area (TPSA) is 113 Å². The van der Waals surface area contributed by atoms with E-state index in [1.54, 1.807) is 36.4 Å². The Bertz CT molecular complexity index is 1020. The van der Waals surface area contributed by atoms with Crippen LogP contribution in [0.25, 0.3) is 6.08 Å². The van der Waals surface area contributed by atoms with Crippen molar-refractivity contribution in [3.05, 3.63) is 53.2 Å². The first-order valence-corrected chi connectivity index (χ1v) is 8.72. The average molecular weight is 413 g/mol. The van der Waals surface area contributed by atoms with E-state index >= 15 is 0 Å². The molecular formula is C21H19NO8. The molecule has 0 aliphatic carbocycles. The van der Waals surface area contributed by atoms with E-state index in [4.69, 9.17) is 28.8 Å². The molecule has 0 aromatic heterocycles. The van der Waals surface area contributed by atoms with Crippen LogP contribution in [0.3, 0.4) is 0 Å². The summed E-state index contributed by atoms with van der Waals surface area (Å²) in [4.78, 5) is 27.2. The van der Waals surface area contributed by atoms with E-state index < -0.39 is 18.5 Å². The number of carbonyl (C=O) groups is 2. The number of rotatable bonds is 8. The monoisotopic (exact) mass is 413 g/mol. The number of carbonyl (C=O) groups excluding carboxylic acids is 1. The Hall–Kier alpha value is -4.01. The molecule has 1 heterocycles. The smallest absolute Gasteiger partial charge is 0.363 e. The second kappa shape index (κ2) is 8.99. The third-order valence-electron chi connectivity index (χ3n) is 4.06. The number of hydrogen-bond donors (Lipinski definition) is 1. The first-order chi connectivity index (χ1) is 14.4. The molecular weight excluding hydrogens is 394 g/mol. The van der Waals surface area contributed by atoms with E-state index in [1.807, 2.05) is 0 Å². The van der Waals surface area contributed by atoms with E-state index in [2.05, 4.69) is 4.99 Å². The van der Waals surface area contributed by atoms with Gasteiger partial charge in [-0.3, -0.25) is 0 Å². The van der Waals surface area contributed by atoms with Crippen LogP contribution in [0.2, 0.25) is 0 Å². The highest BCUT2D eigenvalue weighted by atomic mass is 16.6. The number of nitrogens with zero attached hydrogens (tertiary/aromatic N) is 1. The van der Waals surface area contributed by atoms with Crippen LogP contribution < -0.4 is 18.9 Å². The lowest BCUT2D eigenvalue weighted by molar-refractivity contribution is -0.139. The number of carboxylic acids is 1. The Morgan fingerprint density at radius 2 is 1.73 bits per heavy atom. The standard InChI is InChI=1S/C21H19NO8/c1-26-14-8-13(9-15(10-14)27-2)20-22-16(21(25)30-20)6-12-4-5-17(18(7-12)28-3)29-11-19(23)24/h4-10H,11H2,1-3H3,(H,23,24). The number of hydrogen-bond acceptors (Lipinski definition) is 8. The Morgan fingerprint density at radius 3 is 2.33 bits per heavy atom. The van der Waals surface area contributed by atoms with Crippen LogP contribution in [0.5, 0.6) is 23.0 Å². The second-order valence-corrected chi connectivity index (χ2v) is 6.03. The fraction of sp³-hybridized carbons (Fsp3) is 0.190. The summed E-state index contributed by atoms with van der Waals surface area (Å²) >= 11 is 0. The highest BCUT2D eigenvalue weighted by Gasteiger charge is 2.25. The molecule has 2 aromatic carbocycles. The predicted molar refractivity (Wildman–Crippen MR) is 106 cm³/mol. The number of esters is 1. The molecule has 9 nitrogen and oxygen atoms in total. The third-order valence-corrected chi connectivity index (χ3v) is 4.06. The largest absolute Gasteiger partial charge is 0.497 e. The number of carboxylic acid groups (broad SMARTS) is 1. The van der Waals surface area contributed by atoms with Crippen molar-refractivity contribution < 1.29 is 38.4 Å². The van der Waals surface area contributed by atoms with Gasteiger partial charge >= 0.3 is 11.9 Å². The molecule has 0 fully saturated rings. The molecule has 2 aromatic rings. The van der Waals surface area contributed by atoms with Crippen molar-refractivity contribution in [1.29, 1.82) is 0 Å². The van der Waals surface area contributed by atoms with E-state index in [0.717, 1.165) is 0 Å². The normalized spacial score (nSPS) is 14.2. The summed E-state index contributed by atoms with van der Waals surface area (Å²) in [6.07, 6.45) is 1.52. The lowest BCUT2D eigenvalue weighted by atomic mass is 10.1. The molecule has 0 unspecified atom stereocenters. The zero-order valence-electron chi connectivity index (χ0n) is 16.5. The van der Waals surface area contributed by atoms with E-state index in [0.29, 0.717) is 28.4 Å². The summed E-state index contributed by atoms with van der Waals surface area (Å²) in [7, 11) is 4.46. The lowest BCUT2D eigenvalue weighted by Crippen LogP contribution is -2.10. The minimum atomic E-state index is -1.10. The Kier molecular flexibility index (Phi) is 6.21. The maximum Gasteiger partial charge on any atom is 0.363 e. The lowest BCUT2D eigenvalue weighted by Gasteiger charge is -2.09. The van der Waals surface area contributed by atoms with Crippen LogP contribution in [-0.4, -0.2) is 50.9 Å². The van der Waals surface area contributed by atoms with Crippen molar-refractivity contribution in [2.75, 3.05) is 27.9 Å². The van der Waals surface area contributed by atoms with Crippen molar-refractivity contribution in [2.24, 2.45) is 4.99 Å². The van der Waals surface area contributed by atoms with Gasteiger partial charge in [-0.15, -0.1) is 0 Å². The molecule has 0 spiro atoms. The van der Waals surface area contributed by atoms with Gasteiger partial charge in [-0.25, -0.2) is 14.6 Å². The molecule has 1 aliphatic heterocycles. The maximum atomic E-state index is 12.3. The third kappa shape index (κ3) is 4.69. The van der Waals surface area contributed by atoms with Crippen molar-refractivity contribution in [3.63, 3.8) is 0 Å². The highest BCUT2D eigenvalue weighted by Crippen LogP contribution is 2.30. The van der Waals surface area contributed by atoms with Crippen molar-refractivity contribution in [2.45, 2.75) is 0 Å². The number of aliphatic carboxylic acids is 1. The SMILES string of the molecule is COc1cc(OC)cc(C2=NC(=Cc3ccc(OCC(=O)O)c(OC)c3)C(=O)O2)c1. The summed E-state index contributed by atoms with van der Waals surface area (Å²) in [5.41, 5.74) is 1.21. The van der Waals surface area contributed by atoms with Gasteiger partial charge in [-0.2, -0.15) is 0 Å². The molecule has 1 aliphatic rings. The number of cyclic esters (lactones) is 1. The molecule has 0 radical (unpaired) electrons. The van der Waals surface area contributed by atoms with Gasteiger partial charge in [0, 0.05) is 11.6 Å². The zero-order chi connectivity index (χ0) is 21.7. The maximum absolute atomic E-state index is 12.3.